The Morgan fingerprint density at radius 2 is 1.47 bits per heavy atom. The number of nitrogens with two attached hydrogens (primary N) is 2. The van der Waals surface area contributed by atoms with Gasteiger partial charge in [0.2, 0.25) is 23.6 Å². The molecule has 4 unspecified atom stereocenters. The summed E-state index contributed by atoms with van der Waals surface area (Å²) < 4.78 is 29.9. The van der Waals surface area contributed by atoms with E-state index in [1.54, 1.807) is 0 Å². The molecule has 2 saturated heterocycles. The molecular weight excluding hydrogens is 978 g/mol. The smallest absolute Gasteiger partial charge is 0.260 e. The van der Waals surface area contributed by atoms with Gasteiger partial charge in [0.25, 0.3) is 5.91 Å². The summed E-state index contributed by atoms with van der Waals surface area (Å²) in [6.45, 7) is 0.00289. The molecular formula is C44H62FN9O17S. The summed E-state index contributed by atoms with van der Waals surface area (Å²) in [6, 6.07) is 7.13. The third kappa shape index (κ3) is 18.0. The van der Waals surface area contributed by atoms with Gasteiger partial charge < -0.3 is 92.8 Å². The van der Waals surface area contributed by atoms with Gasteiger partial charge in [-0.1, -0.05) is 17.3 Å². The number of aliphatic hydroxyl groups is 7. The van der Waals surface area contributed by atoms with Crippen LogP contribution in [-0.4, -0.2) is 201 Å². The second kappa shape index (κ2) is 28.9. The van der Waals surface area contributed by atoms with E-state index in [9.17, 15) is 68.9 Å². The maximum atomic E-state index is 14.0. The molecule has 2 aromatic rings. The first-order chi connectivity index (χ1) is 34.2. The molecule has 2 aliphatic heterocycles. The van der Waals surface area contributed by atoms with E-state index in [0.29, 0.717) is 16.8 Å². The highest BCUT2D eigenvalue weighted by molar-refractivity contribution is 7.99. The van der Waals surface area contributed by atoms with Crippen molar-refractivity contribution in [2.45, 2.75) is 112 Å². The summed E-state index contributed by atoms with van der Waals surface area (Å²) in [6.07, 6.45) is -14.1. The van der Waals surface area contributed by atoms with Gasteiger partial charge in [0.1, 0.15) is 78.2 Å². The zero-order chi connectivity index (χ0) is 53.1. The number of guanidine groups is 1. The zero-order valence-corrected chi connectivity index (χ0v) is 39.9. The second-order valence-electron chi connectivity index (χ2n) is 16.5. The minimum atomic E-state index is -1.87. The number of aliphatic hydroxyl groups excluding tert-OH is 7. The molecule has 2 heterocycles. The number of anilines is 1. The number of carbonyl (C=O) groups excluding carboxylic acids is 6. The molecule has 72 heavy (non-hydrogen) atoms. The molecule has 13 atom stereocenters. The second-order valence-corrected chi connectivity index (χ2v) is 17.7. The minimum Gasteiger partial charge on any atom is -0.394 e. The quantitative estimate of drug-likeness (QED) is 0.0139. The molecule has 0 aromatic heterocycles. The summed E-state index contributed by atoms with van der Waals surface area (Å²) in [7, 11) is 0. The molecule has 0 spiro atoms. The van der Waals surface area contributed by atoms with Crippen LogP contribution in [-0.2, 0) is 43.0 Å². The van der Waals surface area contributed by atoms with Crippen molar-refractivity contribution >= 4 is 64.9 Å². The van der Waals surface area contributed by atoms with Crippen LogP contribution >= 0.6 is 11.8 Å². The van der Waals surface area contributed by atoms with Crippen molar-refractivity contribution in [2.75, 3.05) is 44.0 Å². The van der Waals surface area contributed by atoms with Crippen molar-refractivity contribution in [3.63, 3.8) is 0 Å². The number of oxime groups is 1. The lowest BCUT2D eigenvalue weighted by Crippen LogP contribution is -2.64. The Bertz CT molecular complexity index is 2170. The highest BCUT2D eigenvalue weighted by Gasteiger charge is 2.50. The van der Waals surface area contributed by atoms with E-state index < -0.39 is 140 Å². The van der Waals surface area contributed by atoms with E-state index in [1.807, 2.05) is 0 Å². The van der Waals surface area contributed by atoms with Crippen LogP contribution in [0.3, 0.4) is 0 Å². The maximum absolute atomic E-state index is 14.0. The Labute approximate surface area is 416 Å². The van der Waals surface area contributed by atoms with Crippen LogP contribution in [0.25, 0.3) is 0 Å². The highest BCUT2D eigenvalue weighted by Crippen LogP contribution is 2.33. The first kappa shape index (κ1) is 58.6. The van der Waals surface area contributed by atoms with Gasteiger partial charge in [0.05, 0.1) is 19.4 Å². The number of Topliss-reactive ketones (excluding diaryl/α,β-unsaturated/α-hetero) is 1. The number of ether oxygens (including phenoxy) is 3. The third-order valence-electron chi connectivity index (χ3n) is 11.0. The van der Waals surface area contributed by atoms with Gasteiger partial charge in [-0.3, -0.25) is 33.8 Å². The SMILES string of the molecule is CC(=O)c1ccc(NC(=O)[C@@H](C)NC(=O)[C@@H](CCCN=C(N)N)NC(=O)[C@@H](CNC(=O)CO/N=C\c2ccc(F)cc2)NC(=O)CCS[C@H]2OC(CO)[C@@H](O[C@@H]3OC(CO)[C@@H](O)[C@H](O)C3O)C(O)[C@@H]2O)cc1. The van der Waals surface area contributed by atoms with E-state index in [0.717, 1.165) is 11.8 Å². The zero-order valence-electron chi connectivity index (χ0n) is 39.1. The summed E-state index contributed by atoms with van der Waals surface area (Å²) in [5, 5.41) is 88.5. The number of benzene rings is 2. The van der Waals surface area contributed by atoms with Gasteiger partial charge in [0, 0.05) is 36.5 Å². The Hall–Kier alpha value is -5.92. The lowest BCUT2D eigenvalue weighted by atomic mass is 9.97. The van der Waals surface area contributed by atoms with Gasteiger partial charge in [-0.2, -0.15) is 0 Å². The number of aliphatic imine (C=N–C) groups is 1. The molecule has 2 aromatic carbocycles. The number of hydrogen-bond donors (Lipinski definition) is 14. The van der Waals surface area contributed by atoms with Crippen LogP contribution in [0.2, 0.25) is 0 Å². The van der Waals surface area contributed by atoms with Crippen molar-refractivity contribution < 1.29 is 88.0 Å². The predicted molar refractivity (Wildman–Crippen MR) is 253 cm³/mol. The summed E-state index contributed by atoms with van der Waals surface area (Å²) in [4.78, 5) is 87.5. The van der Waals surface area contributed by atoms with E-state index in [4.69, 9.17) is 30.5 Å². The molecule has 0 saturated carbocycles. The van der Waals surface area contributed by atoms with Gasteiger partial charge in [-0.05, 0) is 68.7 Å². The Morgan fingerprint density at radius 1 is 0.806 bits per heavy atom. The summed E-state index contributed by atoms with van der Waals surface area (Å²) >= 11 is 0.819. The number of nitrogens with zero attached hydrogens (tertiary/aromatic N) is 2. The average Bonchev–Trinajstić information content (AvgIpc) is 3.35. The van der Waals surface area contributed by atoms with E-state index in [2.05, 4.69) is 36.7 Å². The lowest BCUT2D eigenvalue weighted by Gasteiger charge is -2.46. The number of carbonyl (C=O) groups is 6. The van der Waals surface area contributed by atoms with Gasteiger partial charge in [0.15, 0.2) is 24.6 Å². The van der Waals surface area contributed by atoms with Crippen LogP contribution in [0.15, 0.2) is 58.7 Å². The number of thioether (sulfide) groups is 1. The van der Waals surface area contributed by atoms with Gasteiger partial charge >= 0.3 is 0 Å². The van der Waals surface area contributed by atoms with Crippen molar-refractivity contribution in [1.82, 2.24) is 21.3 Å². The average molecular weight is 1040 g/mol. The largest absolute Gasteiger partial charge is 0.394 e. The molecule has 2 aliphatic rings. The standard InChI is InChI=1S/C44H62FN9O17S/c1-21(39(65)52-26-11-7-24(8-12-26)22(2)57)51-40(66)27(4-3-14-48-44(46)47)54-41(67)28(17-49-32(59)20-68-50-16-23-5-9-25(45)10-6-23)53-31(58)13-15-72-43-37(64)35(62)38(30(19-56)70-43)71-42-36(63)34(61)33(60)29(18-55)69-42/h5-12,16,21,27-30,33-38,42-43,55-56,60-64H,3-4,13-15,17-20H2,1-2H3,(H,49,59)(H,51,66)(H,52,65)(H,53,58)(H,54,67)(H4,46,47,48)/b50-16-/t21-,27-,28-,29?,30?,33-,34+,35?,36?,37+,38-,42+,43-/m1/s1. The van der Waals surface area contributed by atoms with E-state index >= 15 is 0 Å². The molecule has 0 bridgehead atoms. The topological polar surface area (TPSA) is 418 Å². The third-order valence-corrected chi connectivity index (χ3v) is 12.1. The van der Waals surface area contributed by atoms with Crippen molar-refractivity contribution in [2.24, 2.45) is 21.6 Å². The number of nitrogens with one attached hydrogen (secondary N) is 5. The number of halogens is 1. The Kier molecular flexibility index (Phi) is 23.6. The number of hydrogen-bond acceptors (Lipinski definition) is 20. The monoisotopic (exact) mass is 1040 g/mol. The minimum absolute atomic E-state index is 0.0349. The van der Waals surface area contributed by atoms with Crippen LogP contribution in [0, 0.1) is 5.82 Å². The fraction of sp³-hybridized carbons (Fsp3) is 0.545. The molecule has 0 aliphatic carbocycles. The summed E-state index contributed by atoms with van der Waals surface area (Å²) in [5.41, 5.74) is 10.8. The fourth-order valence-corrected chi connectivity index (χ4v) is 8.02. The maximum Gasteiger partial charge on any atom is 0.260 e. The van der Waals surface area contributed by atoms with Crippen LogP contribution in [0.1, 0.15) is 49.0 Å². The lowest BCUT2D eigenvalue weighted by molar-refractivity contribution is -0.338. The molecule has 5 amide bonds. The van der Waals surface area contributed by atoms with Crippen LogP contribution in [0.4, 0.5) is 10.1 Å². The van der Waals surface area contributed by atoms with Gasteiger partial charge in [-0.25, -0.2) is 4.39 Å². The first-order valence-corrected chi connectivity index (χ1v) is 23.5. The summed E-state index contributed by atoms with van der Waals surface area (Å²) in [5.74, 6) is -5.07. The van der Waals surface area contributed by atoms with E-state index in [1.165, 1.54) is 68.6 Å². The molecule has 2 fully saturated rings. The molecule has 398 valence electrons. The molecule has 26 nitrogen and oxygen atoms in total. The Balaban J connectivity index is 1.43. The molecule has 4 rings (SSSR count). The molecule has 16 N–H and O–H groups in total. The van der Waals surface area contributed by atoms with Crippen molar-refractivity contribution in [1.29, 1.82) is 0 Å². The molecule has 0 radical (unpaired) electrons. The number of ketones is 1. The highest BCUT2D eigenvalue weighted by atomic mass is 32.2. The van der Waals surface area contributed by atoms with Crippen LogP contribution < -0.4 is 38.1 Å². The Morgan fingerprint density at radius 3 is 2.11 bits per heavy atom. The van der Waals surface area contributed by atoms with Crippen molar-refractivity contribution in [3.8, 4) is 0 Å². The van der Waals surface area contributed by atoms with E-state index in [-0.39, 0.29) is 43.3 Å². The number of amides is 5. The predicted octanol–water partition coefficient (Wildman–Crippen LogP) is -4.59. The normalized spacial score (nSPS) is 25.2. The fourth-order valence-electron chi connectivity index (χ4n) is 6.91. The van der Waals surface area contributed by atoms with Crippen molar-refractivity contribution in [3.05, 3.63) is 65.5 Å². The molecule has 28 heteroatoms. The number of rotatable bonds is 26. The van der Waals surface area contributed by atoms with Gasteiger partial charge in [-0.15, -0.1) is 11.8 Å². The first-order valence-electron chi connectivity index (χ1n) is 22.5. The van der Waals surface area contributed by atoms with Crippen LogP contribution in [0.5, 0.6) is 0 Å².